The molecule has 1 saturated heterocycles. The van der Waals surface area contributed by atoms with Gasteiger partial charge in [-0.25, -0.2) is 0 Å². The van der Waals surface area contributed by atoms with Gasteiger partial charge in [0.05, 0.1) is 11.4 Å². The molecular formula is C13H16ClN3. The molecular weight excluding hydrogens is 234 g/mol. The zero-order valence-electron chi connectivity index (χ0n) is 9.52. The highest BCUT2D eigenvalue weighted by molar-refractivity contribution is 5.85. The van der Waals surface area contributed by atoms with Gasteiger partial charge in [0.15, 0.2) is 0 Å². The molecule has 1 fully saturated rings. The molecule has 2 N–H and O–H groups in total. The highest BCUT2D eigenvalue weighted by Gasteiger charge is 2.18. The van der Waals surface area contributed by atoms with Crippen LogP contribution >= 0.6 is 12.4 Å². The third-order valence-corrected chi connectivity index (χ3v) is 3.10. The third kappa shape index (κ3) is 2.51. The normalized spacial score (nSPS) is 18.9. The van der Waals surface area contributed by atoms with Crippen molar-refractivity contribution in [3.63, 3.8) is 0 Å². The van der Waals surface area contributed by atoms with E-state index in [1.807, 2.05) is 18.2 Å². The lowest BCUT2D eigenvalue weighted by molar-refractivity contribution is 0.625. The second-order valence-corrected chi connectivity index (χ2v) is 4.22. The Balaban J connectivity index is 0.00000108. The molecule has 1 aliphatic rings. The van der Waals surface area contributed by atoms with Gasteiger partial charge in [-0.3, -0.25) is 5.10 Å². The van der Waals surface area contributed by atoms with Crippen molar-refractivity contribution in [2.75, 3.05) is 6.54 Å². The molecule has 0 spiro atoms. The number of nitrogens with zero attached hydrogens (tertiary/aromatic N) is 1. The Morgan fingerprint density at radius 2 is 2.00 bits per heavy atom. The zero-order chi connectivity index (χ0) is 10.8. The van der Waals surface area contributed by atoms with Gasteiger partial charge >= 0.3 is 0 Å². The van der Waals surface area contributed by atoms with Crippen molar-refractivity contribution >= 4 is 12.4 Å². The quantitative estimate of drug-likeness (QED) is 0.859. The lowest BCUT2D eigenvalue weighted by atomic mass is 10.1. The monoisotopic (exact) mass is 249 g/mol. The molecule has 3 rings (SSSR count). The average molecular weight is 250 g/mol. The van der Waals surface area contributed by atoms with Crippen LogP contribution in [-0.4, -0.2) is 16.7 Å². The van der Waals surface area contributed by atoms with E-state index in [1.165, 1.54) is 24.1 Å². The first-order valence-corrected chi connectivity index (χ1v) is 5.77. The summed E-state index contributed by atoms with van der Waals surface area (Å²) in [4.78, 5) is 0. The average Bonchev–Trinajstić information content (AvgIpc) is 3.01. The van der Waals surface area contributed by atoms with Crippen LogP contribution in [-0.2, 0) is 0 Å². The van der Waals surface area contributed by atoms with E-state index in [0.717, 1.165) is 12.2 Å². The number of aromatic nitrogens is 2. The van der Waals surface area contributed by atoms with Crippen molar-refractivity contribution < 1.29 is 0 Å². The van der Waals surface area contributed by atoms with Gasteiger partial charge in [-0.2, -0.15) is 5.10 Å². The molecule has 2 heterocycles. The minimum atomic E-state index is 0. The van der Waals surface area contributed by atoms with E-state index in [4.69, 9.17) is 0 Å². The van der Waals surface area contributed by atoms with Crippen LogP contribution in [0, 0.1) is 0 Å². The van der Waals surface area contributed by atoms with Crippen LogP contribution in [0.3, 0.4) is 0 Å². The number of aromatic amines is 1. The van der Waals surface area contributed by atoms with Crippen LogP contribution in [0.1, 0.15) is 24.6 Å². The Hall–Kier alpha value is -1.32. The second kappa shape index (κ2) is 5.34. The van der Waals surface area contributed by atoms with Gasteiger partial charge in [0.25, 0.3) is 0 Å². The van der Waals surface area contributed by atoms with E-state index in [-0.39, 0.29) is 12.4 Å². The van der Waals surface area contributed by atoms with Crippen LogP contribution in [0.25, 0.3) is 11.3 Å². The third-order valence-electron chi connectivity index (χ3n) is 3.10. The fourth-order valence-electron chi connectivity index (χ4n) is 2.22. The Morgan fingerprint density at radius 1 is 1.18 bits per heavy atom. The highest BCUT2D eigenvalue weighted by atomic mass is 35.5. The lowest BCUT2D eigenvalue weighted by Crippen LogP contribution is -2.12. The van der Waals surface area contributed by atoms with Gasteiger partial charge in [0.1, 0.15) is 0 Å². The van der Waals surface area contributed by atoms with E-state index in [1.54, 1.807) is 0 Å². The summed E-state index contributed by atoms with van der Waals surface area (Å²) in [6, 6.07) is 12.9. The Kier molecular flexibility index (Phi) is 3.82. The molecule has 0 aliphatic carbocycles. The maximum Gasteiger partial charge on any atom is 0.0924 e. The van der Waals surface area contributed by atoms with Crippen LogP contribution in [0.5, 0.6) is 0 Å². The van der Waals surface area contributed by atoms with Crippen molar-refractivity contribution in [1.82, 2.24) is 15.5 Å². The molecule has 3 nitrogen and oxygen atoms in total. The summed E-state index contributed by atoms with van der Waals surface area (Å²) in [5.74, 6) is 0. The van der Waals surface area contributed by atoms with Crippen molar-refractivity contribution in [2.24, 2.45) is 0 Å². The molecule has 0 amide bonds. The number of hydrogen-bond donors (Lipinski definition) is 2. The van der Waals surface area contributed by atoms with Gasteiger partial charge in [-0.15, -0.1) is 12.4 Å². The summed E-state index contributed by atoms with van der Waals surface area (Å²) in [6.45, 7) is 1.12. The number of nitrogens with one attached hydrogen (secondary N) is 2. The molecule has 4 heteroatoms. The Labute approximate surface area is 107 Å². The minimum Gasteiger partial charge on any atom is -0.309 e. The van der Waals surface area contributed by atoms with Crippen LogP contribution in [0.15, 0.2) is 36.4 Å². The van der Waals surface area contributed by atoms with Crippen LogP contribution in [0.4, 0.5) is 0 Å². The fraction of sp³-hybridized carbons (Fsp3) is 0.308. The van der Waals surface area contributed by atoms with E-state index >= 15 is 0 Å². The summed E-state index contributed by atoms with van der Waals surface area (Å²) in [5, 5.41) is 11.0. The summed E-state index contributed by atoms with van der Waals surface area (Å²) >= 11 is 0. The topological polar surface area (TPSA) is 40.7 Å². The number of hydrogen-bond acceptors (Lipinski definition) is 2. The van der Waals surface area contributed by atoms with E-state index in [2.05, 4.69) is 33.7 Å². The van der Waals surface area contributed by atoms with Crippen molar-refractivity contribution in [1.29, 1.82) is 0 Å². The van der Waals surface area contributed by atoms with Gasteiger partial charge in [-0.1, -0.05) is 30.3 Å². The Bertz CT molecular complexity index is 461. The molecule has 0 saturated carbocycles. The summed E-state index contributed by atoms with van der Waals surface area (Å²) < 4.78 is 0. The van der Waals surface area contributed by atoms with Gasteiger partial charge < -0.3 is 5.32 Å². The van der Waals surface area contributed by atoms with Crippen molar-refractivity contribution in [2.45, 2.75) is 18.9 Å². The first kappa shape index (κ1) is 12.1. The first-order chi connectivity index (χ1) is 7.93. The molecule has 1 aromatic carbocycles. The van der Waals surface area contributed by atoms with E-state index < -0.39 is 0 Å². The largest absolute Gasteiger partial charge is 0.309 e. The van der Waals surface area contributed by atoms with Crippen LogP contribution < -0.4 is 5.32 Å². The predicted octanol–water partition coefficient (Wildman–Crippen LogP) is 2.92. The van der Waals surface area contributed by atoms with Crippen molar-refractivity contribution in [3.8, 4) is 11.3 Å². The zero-order valence-corrected chi connectivity index (χ0v) is 10.3. The number of rotatable bonds is 2. The molecule has 90 valence electrons. The SMILES string of the molecule is Cl.c1ccc(-c2cc([C@@H]3CCCN3)[nH]n2)cc1. The number of H-pyrrole nitrogens is 1. The second-order valence-electron chi connectivity index (χ2n) is 4.22. The lowest BCUT2D eigenvalue weighted by Gasteiger charge is -2.05. The molecule has 17 heavy (non-hydrogen) atoms. The molecule has 0 unspecified atom stereocenters. The number of benzene rings is 1. The van der Waals surface area contributed by atoms with E-state index in [0.29, 0.717) is 6.04 Å². The maximum atomic E-state index is 4.37. The minimum absolute atomic E-state index is 0. The van der Waals surface area contributed by atoms with Crippen LogP contribution in [0.2, 0.25) is 0 Å². The summed E-state index contributed by atoms with van der Waals surface area (Å²) in [5.41, 5.74) is 3.41. The fourth-order valence-corrected chi connectivity index (χ4v) is 2.22. The molecule has 1 aliphatic heterocycles. The number of halogens is 1. The Morgan fingerprint density at radius 3 is 2.71 bits per heavy atom. The molecule has 2 aromatic rings. The smallest absolute Gasteiger partial charge is 0.0924 e. The van der Waals surface area contributed by atoms with Gasteiger partial charge in [0.2, 0.25) is 0 Å². The summed E-state index contributed by atoms with van der Waals surface area (Å²) in [7, 11) is 0. The molecule has 0 bridgehead atoms. The molecule has 1 atom stereocenters. The predicted molar refractivity (Wildman–Crippen MR) is 71.2 cm³/mol. The standard InChI is InChI=1S/C13H15N3.ClH/c1-2-5-10(6-3-1)12-9-13(16-15-12)11-7-4-8-14-11;/h1-3,5-6,9,11,14H,4,7-8H2,(H,15,16);1H/t11-;/m0./s1. The van der Waals surface area contributed by atoms with Gasteiger partial charge in [0, 0.05) is 11.6 Å². The van der Waals surface area contributed by atoms with Crippen molar-refractivity contribution in [3.05, 3.63) is 42.1 Å². The maximum absolute atomic E-state index is 4.37. The molecule has 0 radical (unpaired) electrons. The van der Waals surface area contributed by atoms with E-state index in [9.17, 15) is 0 Å². The summed E-state index contributed by atoms with van der Waals surface area (Å²) in [6.07, 6.45) is 2.46. The molecule has 1 aromatic heterocycles. The highest BCUT2D eigenvalue weighted by Crippen LogP contribution is 2.25. The first-order valence-electron chi connectivity index (χ1n) is 5.77. The van der Waals surface area contributed by atoms with Gasteiger partial charge in [-0.05, 0) is 25.5 Å².